The van der Waals surface area contributed by atoms with Crippen molar-refractivity contribution in [3.05, 3.63) is 30.3 Å². The zero-order chi connectivity index (χ0) is 11.8. The molecule has 5 heteroatoms. The van der Waals surface area contributed by atoms with Crippen molar-refractivity contribution in [3.8, 4) is 0 Å². The third-order valence-corrected chi connectivity index (χ3v) is 2.92. The van der Waals surface area contributed by atoms with E-state index in [1.54, 1.807) is 6.92 Å². The molecule has 0 fully saturated rings. The summed E-state index contributed by atoms with van der Waals surface area (Å²) in [5.41, 5.74) is 0. The second-order valence-corrected chi connectivity index (χ2v) is 4.37. The lowest BCUT2D eigenvalue weighted by atomic mass is 10.4. The number of carbonyl (C=O) groups excluding carboxylic acids is 1. The Kier molecular flexibility index (Phi) is 6.11. The first kappa shape index (κ1) is 13.2. The Morgan fingerprint density at radius 2 is 2.12 bits per heavy atom. The summed E-state index contributed by atoms with van der Waals surface area (Å²) < 4.78 is 6.46. The second kappa shape index (κ2) is 7.41. The predicted molar refractivity (Wildman–Crippen MR) is 66.7 cm³/mol. The smallest absolute Gasteiger partial charge is 0.420 e. The molecule has 0 unspecified atom stereocenters. The quantitative estimate of drug-likeness (QED) is 0.600. The van der Waals surface area contributed by atoms with Crippen LogP contribution in [0.15, 0.2) is 35.2 Å². The van der Waals surface area contributed by atoms with Gasteiger partial charge in [0.2, 0.25) is 0 Å². The molecule has 16 heavy (non-hydrogen) atoms. The van der Waals surface area contributed by atoms with Crippen molar-refractivity contribution in [1.29, 1.82) is 0 Å². The van der Waals surface area contributed by atoms with E-state index in [1.165, 1.54) is 16.3 Å². The third-order valence-electron chi connectivity index (χ3n) is 1.72. The summed E-state index contributed by atoms with van der Waals surface area (Å²) in [5, 5.41) is 0. The van der Waals surface area contributed by atoms with Gasteiger partial charge in [-0.3, -0.25) is 0 Å². The number of nitrogens with zero attached hydrogens (tertiary/aromatic N) is 1. The number of alkyl halides is 1. The summed E-state index contributed by atoms with van der Waals surface area (Å²) in [6.45, 7) is 2.61. The highest BCUT2D eigenvalue weighted by Crippen LogP contribution is 2.22. The van der Waals surface area contributed by atoms with Crippen LogP contribution in [-0.2, 0) is 4.74 Å². The van der Waals surface area contributed by atoms with E-state index in [9.17, 15) is 4.79 Å². The van der Waals surface area contributed by atoms with Crippen molar-refractivity contribution < 1.29 is 9.53 Å². The molecule has 88 valence electrons. The first-order valence-corrected chi connectivity index (χ1v) is 6.32. The minimum absolute atomic E-state index is 0.350. The normalized spacial score (nSPS) is 9.88. The highest BCUT2D eigenvalue weighted by atomic mass is 35.5. The van der Waals surface area contributed by atoms with Crippen LogP contribution >= 0.6 is 23.5 Å². The zero-order valence-corrected chi connectivity index (χ0v) is 10.6. The van der Waals surface area contributed by atoms with E-state index in [0.717, 1.165) is 4.90 Å². The van der Waals surface area contributed by atoms with Gasteiger partial charge in [0.05, 0.1) is 6.61 Å². The monoisotopic (exact) mass is 259 g/mol. The standard InChI is InChI=1S/C11H14ClNO2S/c1-2-15-11(14)13(9-8-12)16-10-6-4-3-5-7-10/h3-7H,2,8-9H2,1H3. The number of rotatable bonds is 5. The minimum atomic E-state index is -0.350. The summed E-state index contributed by atoms with van der Waals surface area (Å²) in [7, 11) is 0. The van der Waals surface area contributed by atoms with Crippen molar-refractivity contribution in [2.45, 2.75) is 11.8 Å². The van der Waals surface area contributed by atoms with E-state index >= 15 is 0 Å². The lowest BCUT2D eigenvalue weighted by molar-refractivity contribution is 0.135. The maximum atomic E-state index is 11.6. The topological polar surface area (TPSA) is 29.5 Å². The van der Waals surface area contributed by atoms with Crippen LogP contribution in [0.3, 0.4) is 0 Å². The molecule has 0 saturated heterocycles. The van der Waals surface area contributed by atoms with E-state index in [0.29, 0.717) is 19.0 Å². The molecule has 0 spiro atoms. The van der Waals surface area contributed by atoms with Crippen LogP contribution in [-0.4, -0.2) is 29.4 Å². The molecule has 1 amide bonds. The molecule has 0 aliphatic heterocycles. The van der Waals surface area contributed by atoms with Gasteiger partial charge in [0.1, 0.15) is 0 Å². The summed E-state index contributed by atoms with van der Waals surface area (Å²) >= 11 is 6.98. The average molecular weight is 260 g/mol. The van der Waals surface area contributed by atoms with Gasteiger partial charge in [0.25, 0.3) is 0 Å². The van der Waals surface area contributed by atoms with E-state index < -0.39 is 0 Å². The van der Waals surface area contributed by atoms with Crippen molar-refractivity contribution in [3.63, 3.8) is 0 Å². The molecule has 0 aromatic heterocycles. The van der Waals surface area contributed by atoms with Gasteiger partial charge in [-0.05, 0) is 31.0 Å². The van der Waals surface area contributed by atoms with Crippen LogP contribution in [0.1, 0.15) is 6.92 Å². The molecule has 0 atom stereocenters. The second-order valence-electron chi connectivity index (χ2n) is 2.89. The molecule has 1 rings (SSSR count). The van der Waals surface area contributed by atoms with Gasteiger partial charge in [-0.2, -0.15) is 0 Å². The molecule has 1 aromatic carbocycles. The number of halogens is 1. The molecule has 0 radical (unpaired) electrons. The van der Waals surface area contributed by atoms with E-state index in [-0.39, 0.29) is 6.09 Å². The maximum absolute atomic E-state index is 11.6. The van der Waals surface area contributed by atoms with Crippen molar-refractivity contribution >= 4 is 29.6 Å². The highest BCUT2D eigenvalue weighted by Gasteiger charge is 2.15. The van der Waals surface area contributed by atoms with Crippen LogP contribution in [0.25, 0.3) is 0 Å². The Hall–Kier alpha value is -0.870. The first-order chi connectivity index (χ1) is 7.77. The SMILES string of the molecule is CCOC(=O)N(CCCl)Sc1ccccc1. The molecule has 0 aliphatic carbocycles. The average Bonchev–Trinajstić information content (AvgIpc) is 2.30. The summed E-state index contributed by atoms with van der Waals surface area (Å²) in [5.74, 6) is 0.388. The van der Waals surface area contributed by atoms with Crippen LogP contribution in [0.2, 0.25) is 0 Å². The van der Waals surface area contributed by atoms with E-state index in [2.05, 4.69) is 0 Å². The molecule has 0 N–H and O–H groups in total. The number of ether oxygens (including phenoxy) is 1. The Labute approximate surface area is 105 Å². The molecule has 1 aromatic rings. The van der Waals surface area contributed by atoms with Crippen LogP contribution < -0.4 is 0 Å². The summed E-state index contributed by atoms with van der Waals surface area (Å²) in [6, 6.07) is 9.65. The fourth-order valence-corrected chi connectivity index (χ4v) is 2.17. The van der Waals surface area contributed by atoms with E-state index in [1.807, 2.05) is 30.3 Å². The van der Waals surface area contributed by atoms with Gasteiger partial charge in [-0.1, -0.05) is 18.2 Å². The molecule has 3 nitrogen and oxygen atoms in total. The minimum Gasteiger partial charge on any atom is -0.449 e. The van der Waals surface area contributed by atoms with Crippen LogP contribution in [0.4, 0.5) is 4.79 Å². The Balaban J connectivity index is 2.60. The number of carbonyl (C=O) groups is 1. The molecule has 0 saturated carbocycles. The van der Waals surface area contributed by atoms with Gasteiger partial charge in [-0.25, -0.2) is 9.10 Å². The van der Waals surface area contributed by atoms with Crippen molar-refractivity contribution in [1.82, 2.24) is 4.31 Å². The molecule has 0 aliphatic rings. The van der Waals surface area contributed by atoms with Crippen LogP contribution in [0.5, 0.6) is 0 Å². The maximum Gasteiger partial charge on any atom is 0.420 e. The Morgan fingerprint density at radius 1 is 1.44 bits per heavy atom. The molecular formula is C11H14ClNO2S. The predicted octanol–water partition coefficient (Wildman–Crippen LogP) is 3.39. The Bertz CT molecular complexity index is 321. The van der Waals surface area contributed by atoms with Gasteiger partial charge < -0.3 is 4.74 Å². The van der Waals surface area contributed by atoms with Gasteiger partial charge in [0, 0.05) is 17.3 Å². The van der Waals surface area contributed by atoms with Gasteiger partial charge in [-0.15, -0.1) is 11.6 Å². The number of amides is 1. The van der Waals surface area contributed by atoms with Gasteiger partial charge in [0.15, 0.2) is 0 Å². The zero-order valence-electron chi connectivity index (χ0n) is 9.06. The number of hydrogen-bond donors (Lipinski definition) is 0. The summed E-state index contributed by atoms with van der Waals surface area (Å²) in [6.07, 6.45) is -0.350. The lowest BCUT2D eigenvalue weighted by Crippen LogP contribution is -2.26. The van der Waals surface area contributed by atoms with Crippen molar-refractivity contribution in [2.75, 3.05) is 19.0 Å². The first-order valence-electron chi connectivity index (χ1n) is 5.01. The van der Waals surface area contributed by atoms with Crippen molar-refractivity contribution in [2.24, 2.45) is 0 Å². The largest absolute Gasteiger partial charge is 0.449 e. The lowest BCUT2D eigenvalue weighted by Gasteiger charge is -2.19. The molecular weight excluding hydrogens is 246 g/mol. The highest BCUT2D eigenvalue weighted by molar-refractivity contribution is 7.97. The third kappa shape index (κ3) is 4.33. The molecule has 0 heterocycles. The van der Waals surface area contributed by atoms with Crippen LogP contribution in [0, 0.1) is 0 Å². The fourth-order valence-electron chi connectivity index (χ4n) is 1.06. The number of hydrogen-bond acceptors (Lipinski definition) is 3. The number of benzene rings is 1. The Morgan fingerprint density at radius 3 is 2.69 bits per heavy atom. The van der Waals surface area contributed by atoms with Gasteiger partial charge >= 0.3 is 6.09 Å². The fraction of sp³-hybridized carbons (Fsp3) is 0.364. The molecule has 0 bridgehead atoms. The summed E-state index contributed by atoms with van der Waals surface area (Å²) in [4.78, 5) is 12.5. The van der Waals surface area contributed by atoms with E-state index in [4.69, 9.17) is 16.3 Å².